The van der Waals surface area contributed by atoms with Gasteiger partial charge in [-0.2, -0.15) is 0 Å². The quantitative estimate of drug-likeness (QED) is 0.600. The third kappa shape index (κ3) is 5.19. The molecular formula is C24H28N4O. The van der Waals surface area contributed by atoms with Crippen LogP contribution in [0.4, 0.5) is 5.69 Å². The molecule has 1 amide bonds. The number of carbonyl (C=O) groups excluding carboxylic acids is 1. The average molecular weight is 389 g/mol. The minimum atomic E-state index is 0.0348. The van der Waals surface area contributed by atoms with E-state index >= 15 is 0 Å². The Morgan fingerprint density at radius 3 is 2.66 bits per heavy atom. The van der Waals surface area contributed by atoms with Crippen molar-refractivity contribution in [1.29, 1.82) is 0 Å². The Morgan fingerprint density at radius 1 is 1.10 bits per heavy atom. The minimum absolute atomic E-state index is 0.0348. The summed E-state index contributed by atoms with van der Waals surface area (Å²) in [7, 11) is 0. The van der Waals surface area contributed by atoms with Gasteiger partial charge in [-0.25, -0.2) is 0 Å². The van der Waals surface area contributed by atoms with Crippen molar-refractivity contribution in [3.05, 3.63) is 89.5 Å². The van der Waals surface area contributed by atoms with E-state index in [1.54, 1.807) is 12.4 Å². The van der Waals surface area contributed by atoms with E-state index in [1.807, 2.05) is 66.6 Å². The lowest BCUT2D eigenvalue weighted by atomic mass is 10.0. The first-order valence-electron chi connectivity index (χ1n) is 10.0. The molecule has 0 aliphatic carbocycles. The molecule has 2 aromatic heterocycles. The van der Waals surface area contributed by atoms with Gasteiger partial charge >= 0.3 is 0 Å². The number of nitrogens with zero attached hydrogens (tertiary/aromatic N) is 3. The smallest absolute Gasteiger partial charge is 0.254 e. The number of hydrogen-bond donors (Lipinski definition) is 1. The number of aromatic nitrogens is 2. The van der Waals surface area contributed by atoms with Gasteiger partial charge in [-0.1, -0.05) is 25.1 Å². The van der Waals surface area contributed by atoms with E-state index in [0.717, 1.165) is 34.5 Å². The maximum absolute atomic E-state index is 13.5. The molecule has 5 nitrogen and oxygen atoms in total. The van der Waals surface area contributed by atoms with E-state index in [1.165, 1.54) is 0 Å². The molecule has 0 aliphatic heterocycles. The number of nitrogens with one attached hydrogen (secondary N) is 1. The third-order valence-electron chi connectivity index (χ3n) is 5.21. The molecule has 0 radical (unpaired) electrons. The van der Waals surface area contributed by atoms with Crippen LogP contribution in [0.25, 0.3) is 0 Å². The topological polar surface area (TPSA) is 58.1 Å². The Balaban J connectivity index is 1.82. The molecule has 0 spiro atoms. The van der Waals surface area contributed by atoms with Gasteiger partial charge in [0.15, 0.2) is 0 Å². The van der Waals surface area contributed by atoms with E-state index in [9.17, 15) is 4.79 Å². The van der Waals surface area contributed by atoms with Crippen molar-refractivity contribution in [2.75, 3.05) is 5.32 Å². The molecule has 0 unspecified atom stereocenters. The summed E-state index contributed by atoms with van der Waals surface area (Å²) in [5.41, 5.74) is 4.62. The summed E-state index contributed by atoms with van der Waals surface area (Å²) >= 11 is 0. The second-order valence-electron chi connectivity index (χ2n) is 7.20. The average Bonchev–Trinajstić information content (AvgIpc) is 2.77. The van der Waals surface area contributed by atoms with Gasteiger partial charge in [0.25, 0.3) is 5.91 Å². The minimum Gasteiger partial charge on any atom is -0.381 e. The van der Waals surface area contributed by atoms with Crippen LogP contribution in [0.5, 0.6) is 0 Å². The first-order chi connectivity index (χ1) is 14.1. The molecule has 29 heavy (non-hydrogen) atoms. The van der Waals surface area contributed by atoms with Crippen molar-refractivity contribution in [2.24, 2.45) is 0 Å². The van der Waals surface area contributed by atoms with E-state index in [2.05, 4.69) is 29.1 Å². The van der Waals surface area contributed by atoms with Crippen LogP contribution in [-0.4, -0.2) is 26.8 Å². The van der Waals surface area contributed by atoms with Crippen molar-refractivity contribution >= 4 is 11.6 Å². The fourth-order valence-corrected chi connectivity index (χ4v) is 3.23. The molecule has 150 valence electrons. The molecule has 2 heterocycles. The van der Waals surface area contributed by atoms with E-state index < -0.39 is 0 Å². The van der Waals surface area contributed by atoms with Gasteiger partial charge in [0.2, 0.25) is 0 Å². The van der Waals surface area contributed by atoms with Crippen LogP contribution in [0.15, 0.2) is 67.1 Å². The van der Waals surface area contributed by atoms with Crippen molar-refractivity contribution in [3.63, 3.8) is 0 Å². The summed E-state index contributed by atoms with van der Waals surface area (Å²) in [5, 5.41) is 3.43. The SMILES string of the molecule is CC[C@H](C)N(Cc1ccccn1)C(=O)c1cccc(NCc2cccnc2)c1C. The number of anilines is 1. The lowest BCUT2D eigenvalue weighted by Crippen LogP contribution is -2.38. The predicted molar refractivity (Wildman–Crippen MR) is 117 cm³/mol. The second kappa shape index (κ2) is 9.82. The van der Waals surface area contributed by atoms with Crippen molar-refractivity contribution in [3.8, 4) is 0 Å². The van der Waals surface area contributed by atoms with Crippen LogP contribution in [0.2, 0.25) is 0 Å². The van der Waals surface area contributed by atoms with Gasteiger partial charge in [0.1, 0.15) is 0 Å². The molecule has 0 saturated carbocycles. The van der Waals surface area contributed by atoms with Crippen molar-refractivity contribution in [2.45, 2.75) is 46.3 Å². The predicted octanol–water partition coefficient (Wildman–Crippen LogP) is 4.84. The number of carbonyl (C=O) groups is 1. The molecule has 5 heteroatoms. The summed E-state index contributed by atoms with van der Waals surface area (Å²) in [6.07, 6.45) is 6.26. The zero-order valence-corrected chi connectivity index (χ0v) is 17.3. The summed E-state index contributed by atoms with van der Waals surface area (Å²) in [5.74, 6) is 0.0348. The summed E-state index contributed by atoms with van der Waals surface area (Å²) in [4.78, 5) is 23.9. The molecule has 0 bridgehead atoms. The molecule has 0 saturated heterocycles. The Labute approximate surface area is 172 Å². The molecule has 0 fully saturated rings. The number of hydrogen-bond acceptors (Lipinski definition) is 4. The summed E-state index contributed by atoms with van der Waals surface area (Å²) in [6.45, 7) is 7.34. The number of pyridine rings is 2. The van der Waals surface area contributed by atoms with E-state index in [4.69, 9.17) is 0 Å². The van der Waals surface area contributed by atoms with Gasteiger partial charge in [-0.05, 0) is 61.7 Å². The maximum atomic E-state index is 13.5. The molecule has 3 aromatic rings. The van der Waals surface area contributed by atoms with E-state index in [-0.39, 0.29) is 11.9 Å². The highest BCUT2D eigenvalue weighted by Crippen LogP contribution is 2.23. The first kappa shape index (κ1) is 20.5. The van der Waals surface area contributed by atoms with Gasteiger partial charge < -0.3 is 10.2 Å². The van der Waals surface area contributed by atoms with Crippen LogP contribution in [0.1, 0.15) is 47.4 Å². The Bertz CT molecular complexity index is 928. The molecule has 1 N–H and O–H groups in total. The lowest BCUT2D eigenvalue weighted by Gasteiger charge is -2.29. The van der Waals surface area contributed by atoms with Crippen LogP contribution in [0.3, 0.4) is 0 Å². The standard InChI is InChI=1S/C24H28N4O/c1-4-18(2)28(17-21-10-5-6-14-26-21)24(29)22-11-7-12-23(19(22)3)27-16-20-9-8-13-25-15-20/h5-15,18,27H,4,16-17H2,1-3H3/t18-/m0/s1. The molecule has 1 aromatic carbocycles. The Morgan fingerprint density at radius 2 is 1.97 bits per heavy atom. The van der Waals surface area contributed by atoms with Crippen LogP contribution >= 0.6 is 0 Å². The third-order valence-corrected chi connectivity index (χ3v) is 5.21. The van der Waals surface area contributed by atoms with Crippen LogP contribution in [0, 0.1) is 6.92 Å². The molecular weight excluding hydrogens is 360 g/mol. The maximum Gasteiger partial charge on any atom is 0.254 e. The second-order valence-corrected chi connectivity index (χ2v) is 7.20. The molecule has 3 rings (SSSR count). The highest BCUT2D eigenvalue weighted by Gasteiger charge is 2.23. The fourth-order valence-electron chi connectivity index (χ4n) is 3.23. The Kier molecular flexibility index (Phi) is 6.95. The van der Waals surface area contributed by atoms with Crippen LogP contribution in [-0.2, 0) is 13.1 Å². The van der Waals surface area contributed by atoms with Crippen LogP contribution < -0.4 is 5.32 Å². The Hall–Kier alpha value is -3.21. The van der Waals surface area contributed by atoms with Crippen molar-refractivity contribution in [1.82, 2.24) is 14.9 Å². The fraction of sp³-hybridized carbons (Fsp3) is 0.292. The van der Waals surface area contributed by atoms with Gasteiger partial charge in [0.05, 0.1) is 12.2 Å². The van der Waals surface area contributed by atoms with Gasteiger partial charge in [-0.15, -0.1) is 0 Å². The van der Waals surface area contributed by atoms with E-state index in [0.29, 0.717) is 13.1 Å². The zero-order valence-electron chi connectivity index (χ0n) is 17.3. The highest BCUT2D eigenvalue weighted by atomic mass is 16.2. The van der Waals surface area contributed by atoms with Crippen molar-refractivity contribution < 1.29 is 4.79 Å². The highest BCUT2D eigenvalue weighted by molar-refractivity contribution is 5.97. The number of rotatable bonds is 8. The normalized spacial score (nSPS) is 11.7. The van der Waals surface area contributed by atoms with Gasteiger partial charge in [0, 0.05) is 42.4 Å². The monoisotopic (exact) mass is 388 g/mol. The molecule has 1 atom stereocenters. The zero-order chi connectivity index (χ0) is 20.6. The summed E-state index contributed by atoms with van der Waals surface area (Å²) in [6, 6.07) is 15.7. The first-order valence-corrected chi connectivity index (χ1v) is 10.0. The number of amides is 1. The number of benzene rings is 1. The largest absolute Gasteiger partial charge is 0.381 e. The molecule has 0 aliphatic rings. The lowest BCUT2D eigenvalue weighted by molar-refractivity contribution is 0.0668. The summed E-state index contributed by atoms with van der Waals surface area (Å²) < 4.78 is 0. The van der Waals surface area contributed by atoms with Gasteiger partial charge in [-0.3, -0.25) is 14.8 Å².